The van der Waals surface area contributed by atoms with Crippen molar-refractivity contribution in [3.05, 3.63) is 125 Å². The molecule has 5 aromatic rings. The third kappa shape index (κ3) is 5.26. The maximum atomic E-state index is 13.3. The van der Waals surface area contributed by atoms with Gasteiger partial charge in [0.15, 0.2) is 5.82 Å². The molecule has 1 N–H and O–H groups in total. The highest BCUT2D eigenvalue weighted by atomic mass is 16.5. The number of nitrogens with one attached hydrogen (secondary N) is 1. The molecule has 0 aliphatic heterocycles. The second-order valence-electron chi connectivity index (χ2n) is 8.81. The van der Waals surface area contributed by atoms with Crippen molar-refractivity contribution < 1.29 is 9.53 Å². The monoisotopic (exact) mass is 489 g/mol. The van der Waals surface area contributed by atoms with Gasteiger partial charge >= 0.3 is 0 Å². The summed E-state index contributed by atoms with van der Waals surface area (Å²) in [6.07, 6.45) is 0. The molecule has 0 saturated heterocycles. The number of ether oxygens (including phenoxy) is 1. The summed E-state index contributed by atoms with van der Waals surface area (Å²) in [4.78, 5) is 13.3. The number of hydrogen-bond acceptors (Lipinski definition) is 5. The third-order valence-electron chi connectivity index (χ3n) is 6.37. The molecular weight excluding hydrogens is 462 g/mol. The molecule has 0 saturated carbocycles. The fourth-order valence-corrected chi connectivity index (χ4v) is 4.15. The van der Waals surface area contributed by atoms with Gasteiger partial charge in [-0.25, -0.2) is 4.68 Å². The molecule has 2 heterocycles. The van der Waals surface area contributed by atoms with Crippen molar-refractivity contribution in [2.75, 3.05) is 5.32 Å². The van der Waals surface area contributed by atoms with E-state index in [1.807, 2.05) is 87.5 Å². The third-order valence-corrected chi connectivity index (χ3v) is 6.37. The molecule has 0 spiro atoms. The lowest BCUT2D eigenvalue weighted by Gasteiger charge is -2.18. The van der Waals surface area contributed by atoms with E-state index in [1.54, 1.807) is 35.0 Å². The van der Waals surface area contributed by atoms with E-state index >= 15 is 0 Å². The Hall–Kier alpha value is -4.78. The highest BCUT2D eigenvalue weighted by molar-refractivity contribution is 5.98. The second kappa shape index (κ2) is 10.5. The van der Waals surface area contributed by atoms with Crippen LogP contribution in [0.5, 0.6) is 11.6 Å². The topological polar surface area (TPSA) is 81.9 Å². The molecular formula is C30H27N5O2. The van der Waals surface area contributed by atoms with Crippen LogP contribution in [0.25, 0.3) is 5.82 Å². The molecule has 5 rings (SSSR count). The SMILES string of the molecule is Cc1nn(-c2ccc(Oc3ccc(NC(=O)C(c4ccccc4)c4ccccc4)cc3)nn2)c(C)c1C. The van der Waals surface area contributed by atoms with Crippen LogP contribution in [0.4, 0.5) is 5.69 Å². The summed E-state index contributed by atoms with van der Waals surface area (Å²) in [5.74, 6) is 1.06. The van der Waals surface area contributed by atoms with Gasteiger partial charge in [0.25, 0.3) is 0 Å². The van der Waals surface area contributed by atoms with E-state index in [2.05, 4.69) is 20.6 Å². The lowest BCUT2D eigenvalue weighted by atomic mass is 9.90. The summed E-state index contributed by atoms with van der Waals surface area (Å²) < 4.78 is 7.63. The molecule has 0 aliphatic carbocycles. The van der Waals surface area contributed by atoms with Crippen LogP contribution in [0.1, 0.15) is 34.0 Å². The number of aryl methyl sites for hydroxylation is 1. The smallest absolute Gasteiger partial charge is 0.238 e. The number of benzene rings is 3. The first-order valence-electron chi connectivity index (χ1n) is 12.0. The highest BCUT2D eigenvalue weighted by Crippen LogP contribution is 2.27. The first-order chi connectivity index (χ1) is 18.0. The van der Waals surface area contributed by atoms with Crippen LogP contribution in [0.15, 0.2) is 97.1 Å². The maximum Gasteiger partial charge on any atom is 0.238 e. The van der Waals surface area contributed by atoms with Gasteiger partial charge in [0, 0.05) is 17.4 Å². The predicted molar refractivity (Wildman–Crippen MR) is 143 cm³/mol. The summed E-state index contributed by atoms with van der Waals surface area (Å²) >= 11 is 0. The van der Waals surface area contributed by atoms with E-state index < -0.39 is 5.92 Å². The minimum Gasteiger partial charge on any atom is -0.438 e. The number of carbonyl (C=O) groups is 1. The highest BCUT2D eigenvalue weighted by Gasteiger charge is 2.22. The molecule has 3 aromatic carbocycles. The van der Waals surface area contributed by atoms with Crippen molar-refractivity contribution in [3.63, 3.8) is 0 Å². The molecule has 1 amide bonds. The number of aromatic nitrogens is 4. The Labute approximate surface area is 215 Å². The first kappa shape index (κ1) is 23.9. The van der Waals surface area contributed by atoms with Crippen LogP contribution in [0, 0.1) is 20.8 Å². The van der Waals surface area contributed by atoms with Crippen molar-refractivity contribution >= 4 is 11.6 Å². The Morgan fingerprint density at radius 1 is 0.784 bits per heavy atom. The predicted octanol–water partition coefficient (Wildman–Crippen LogP) is 6.15. The van der Waals surface area contributed by atoms with Crippen LogP contribution in [0.2, 0.25) is 0 Å². The zero-order chi connectivity index (χ0) is 25.8. The number of hydrogen-bond donors (Lipinski definition) is 1. The number of rotatable bonds is 7. The van der Waals surface area contributed by atoms with Crippen molar-refractivity contribution in [1.82, 2.24) is 20.0 Å². The minimum absolute atomic E-state index is 0.105. The van der Waals surface area contributed by atoms with E-state index in [9.17, 15) is 4.79 Å². The lowest BCUT2D eigenvalue weighted by Crippen LogP contribution is -2.22. The number of amides is 1. The molecule has 37 heavy (non-hydrogen) atoms. The summed E-state index contributed by atoms with van der Waals surface area (Å²) in [5.41, 5.74) is 5.67. The van der Waals surface area contributed by atoms with Gasteiger partial charge in [-0.05, 0) is 67.8 Å². The second-order valence-corrected chi connectivity index (χ2v) is 8.81. The molecule has 0 radical (unpaired) electrons. The molecule has 7 nitrogen and oxygen atoms in total. The fourth-order valence-electron chi connectivity index (χ4n) is 4.15. The van der Waals surface area contributed by atoms with Crippen molar-refractivity contribution in [2.24, 2.45) is 0 Å². The average Bonchev–Trinajstić information content (AvgIpc) is 3.19. The van der Waals surface area contributed by atoms with Crippen LogP contribution >= 0.6 is 0 Å². The molecule has 184 valence electrons. The number of nitrogens with zero attached hydrogens (tertiary/aromatic N) is 4. The van der Waals surface area contributed by atoms with Gasteiger partial charge in [-0.1, -0.05) is 60.7 Å². The minimum atomic E-state index is -0.418. The zero-order valence-electron chi connectivity index (χ0n) is 20.9. The van der Waals surface area contributed by atoms with Gasteiger partial charge in [0.1, 0.15) is 5.75 Å². The lowest BCUT2D eigenvalue weighted by molar-refractivity contribution is -0.116. The maximum absolute atomic E-state index is 13.3. The van der Waals surface area contributed by atoms with E-state index in [4.69, 9.17) is 4.74 Å². The van der Waals surface area contributed by atoms with E-state index in [0.29, 0.717) is 23.1 Å². The van der Waals surface area contributed by atoms with E-state index in [1.165, 1.54) is 0 Å². The Morgan fingerprint density at radius 3 is 1.92 bits per heavy atom. The van der Waals surface area contributed by atoms with Gasteiger partial charge in [0.2, 0.25) is 11.8 Å². The zero-order valence-corrected chi connectivity index (χ0v) is 20.9. The van der Waals surface area contributed by atoms with Crippen LogP contribution in [0.3, 0.4) is 0 Å². The van der Waals surface area contributed by atoms with Gasteiger partial charge < -0.3 is 10.1 Å². The quantitative estimate of drug-likeness (QED) is 0.296. The van der Waals surface area contributed by atoms with Gasteiger partial charge in [0.05, 0.1) is 11.6 Å². The van der Waals surface area contributed by atoms with Crippen molar-refractivity contribution in [3.8, 4) is 17.4 Å². The number of carbonyl (C=O) groups excluding carboxylic acids is 1. The van der Waals surface area contributed by atoms with Gasteiger partial charge in [-0.15, -0.1) is 10.2 Å². The summed E-state index contributed by atoms with van der Waals surface area (Å²) in [5, 5.41) is 16.0. The Morgan fingerprint density at radius 2 is 1.41 bits per heavy atom. The normalized spacial score (nSPS) is 10.9. The summed E-state index contributed by atoms with van der Waals surface area (Å²) in [6, 6.07) is 30.3. The van der Waals surface area contributed by atoms with Crippen LogP contribution in [-0.2, 0) is 4.79 Å². The van der Waals surface area contributed by atoms with Crippen molar-refractivity contribution in [1.29, 1.82) is 0 Å². The van der Waals surface area contributed by atoms with Gasteiger partial charge in [-0.3, -0.25) is 4.79 Å². The Balaban J connectivity index is 1.28. The van der Waals surface area contributed by atoms with Crippen molar-refractivity contribution in [2.45, 2.75) is 26.7 Å². The van der Waals surface area contributed by atoms with Gasteiger partial charge in [-0.2, -0.15) is 5.10 Å². The summed E-state index contributed by atoms with van der Waals surface area (Å²) in [7, 11) is 0. The Bertz CT molecular complexity index is 1460. The fraction of sp³-hybridized carbons (Fsp3) is 0.133. The first-order valence-corrected chi connectivity index (χ1v) is 12.0. The van der Waals surface area contributed by atoms with Crippen LogP contribution < -0.4 is 10.1 Å². The molecule has 0 atom stereocenters. The molecule has 0 bridgehead atoms. The molecule has 0 fully saturated rings. The average molecular weight is 490 g/mol. The Kier molecular flexibility index (Phi) is 6.76. The molecule has 0 aliphatic rings. The molecule has 2 aromatic heterocycles. The number of anilines is 1. The summed E-state index contributed by atoms with van der Waals surface area (Å²) in [6.45, 7) is 6.01. The molecule has 0 unspecified atom stereocenters. The van der Waals surface area contributed by atoms with E-state index in [0.717, 1.165) is 28.1 Å². The van der Waals surface area contributed by atoms with Crippen LogP contribution in [-0.4, -0.2) is 25.9 Å². The van der Waals surface area contributed by atoms with E-state index in [-0.39, 0.29) is 5.91 Å². The largest absolute Gasteiger partial charge is 0.438 e. The standard InChI is InChI=1S/C30H27N5O2/c1-20-21(2)34-35(22(20)3)27-18-19-28(33-32-27)37-26-16-14-25(15-17-26)31-30(36)29(23-10-6-4-7-11-23)24-12-8-5-9-13-24/h4-19,29H,1-3H3,(H,31,36). The molecule has 7 heteroatoms.